The Bertz CT molecular complexity index is 822. The maximum atomic E-state index is 12.4. The van der Waals surface area contributed by atoms with E-state index in [9.17, 15) is 19.2 Å². The first-order valence-corrected chi connectivity index (χ1v) is 9.46. The number of carboxylic acid groups (broad SMARTS) is 1. The lowest BCUT2D eigenvalue weighted by Crippen LogP contribution is -2.23. The monoisotopic (exact) mass is 406 g/mol. The largest absolute Gasteiger partial charge is 0.481 e. The molecule has 1 aromatic heterocycles. The van der Waals surface area contributed by atoms with Crippen LogP contribution in [0.1, 0.15) is 57.6 Å². The Balaban J connectivity index is 0.000000696. The maximum Gasteiger partial charge on any atom is 0.303 e. The minimum Gasteiger partial charge on any atom is -0.481 e. The highest BCUT2D eigenvalue weighted by molar-refractivity contribution is 8.04. The molecule has 8 nitrogen and oxygen atoms in total. The molecule has 9 heteroatoms. The summed E-state index contributed by atoms with van der Waals surface area (Å²) in [5.41, 5.74) is -0.331. The van der Waals surface area contributed by atoms with Gasteiger partial charge in [-0.15, -0.1) is 11.8 Å². The topological polar surface area (TPSA) is 127 Å². The number of hydrogen-bond acceptors (Lipinski definition) is 7. The molecule has 1 aliphatic carbocycles. The van der Waals surface area contributed by atoms with Crippen LogP contribution in [0, 0.1) is 0 Å². The molecule has 150 valence electrons. The molecule has 0 bridgehead atoms. The van der Waals surface area contributed by atoms with Crippen molar-refractivity contribution in [2.75, 3.05) is 12.8 Å². The van der Waals surface area contributed by atoms with Crippen molar-refractivity contribution < 1.29 is 28.8 Å². The number of ketones is 2. The van der Waals surface area contributed by atoms with Gasteiger partial charge in [-0.05, 0) is 25.5 Å². The van der Waals surface area contributed by atoms with E-state index in [1.165, 1.54) is 7.05 Å². The van der Waals surface area contributed by atoms with Crippen LogP contribution >= 0.6 is 11.8 Å². The van der Waals surface area contributed by atoms with Crippen LogP contribution in [0.4, 0.5) is 0 Å². The van der Waals surface area contributed by atoms with Crippen LogP contribution in [0.5, 0.6) is 0 Å². The average Bonchev–Trinajstić information content (AvgIpc) is 3.11. The number of fused-ring (bicyclic) bond motifs is 1. The summed E-state index contributed by atoms with van der Waals surface area (Å²) in [6, 6.07) is 0. The third-order valence-electron chi connectivity index (χ3n) is 3.44. The summed E-state index contributed by atoms with van der Waals surface area (Å²) >= 11 is 1.15. The van der Waals surface area contributed by atoms with Crippen LogP contribution < -0.4 is 5.32 Å². The molecule has 1 heterocycles. The molecule has 0 fully saturated rings. The number of carboxylic acids is 1. The van der Waals surface area contributed by atoms with Gasteiger partial charge in [0, 0.05) is 19.5 Å². The van der Waals surface area contributed by atoms with Gasteiger partial charge in [-0.2, -0.15) is 0 Å². The number of thioether (sulfide) groups is 1. The van der Waals surface area contributed by atoms with Gasteiger partial charge in [0.1, 0.15) is 5.56 Å². The van der Waals surface area contributed by atoms with Gasteiger partial charge in [0.15, 0.2) is 5.69 Å². The molecule has 0 saturated carbocycles. The summed E-state index contributed by atoms with van der Waals surface area (Å²) in [4.78, 5) is 46.7. The van der Waals surface area contributed by atoms with Crippen molar-refractivity contribution in [1.82, 2.24) is 10.5 Å². The highest BCUT2D eigenvalue weighted by atomic mass is 32.2. The van der Waals surface area contributed by atoms with Gasteiger partial charge in [0.25, 0.3) is 5.91 Å². The summed E-state index contributed by atoms with van der Waals surface area (Å²) in [6.07, 6.45) is 7.87. The second-order valence-corrected chi connectivity index (χ2v) is 6.61. The van der Waals surface area contributed by atoms with Crippen molar-refractivity contribution in [3.05, 3.63) is 52.8 Å². The first-order chi connectivity index (χ1) is 13.4. The summed E-state index contributed by atoms with van der Waals surface area (Å²) in [7, 11) is 1.38. The molecule has 1 aromatic rings. The Morgan fingerprint density at radius 2 is 2.07 bits per heavy atom. The zero-order chi connectivity index (χ0) is 21.1. The Morgan fingerprint density at radius 1 is 1.36 bits per heavy atom. The van der Waals surface area contributed by atoms with Gasteiger partial charge in [-0.3, -0.25) is 19.2 Å². The van der Waals surface area contributed by atoms with E-state index in [-0.39, 0.29) is 28.3 Å². The van der Waals surface area contributed by atoms with Gasteiger partial charge in [0.05, 0.1) is 4.91 Å². The molecule has 0 aliphatic heterocycles. The fourth-order valence-corrected chi connectivity index (χ4v) is 3.11. The van der Waals surface area contributed by atoms with E-state index in [0.29, 0.717) is 18.6 Å². The number of hydrogen-bond donors (Lipinski definition) is 2. The Morgan fingerprint density at radius 3 is 2.61 bits per heavy atom. The van der Waals surface area contributed by atoms with Gasteiger partial charge in [-0.1, -0.05) is 30.0 Å². The number of allylic oxidation sites excluding steroid dienone is 5. The van der Waals surface area contributed by atoms with Gasteiger partial charge < -0.3 is 14.9 Å². The summed E-state index contributed by atoms with van der Waals surface area (Å²) in [5, 5.41) is 14.4. The number of aliphatic carboxylic acids is 1. The van der Waals surface area contributed by atoms with Crippen LogP contribution in [0.15, 0.2) is 40.3 Å². The highest BCUT2D eigenvalue weighted by Crippen LogP contribution is 2.31. The molecule has 28 heavy (non-hydrogen) atoms. The third-order valence-corrected chi connectivity index (χ3v) is 4.55. The van der Waals surface area contributed by atoms with E-state index in [0.717, 1.165) is 17.8 Å². The van der Waals surface area contributed by atoms with E-state index in [1.807, 2.05) is 19.1 Å². The predicted molar refractivity (Wildman–Crippen MR) is 106 cm³/mol. The molecular formula is C19H22N2O6S. The average molecular weight is 406 g/mol. The predicted octanol–water partition coefficient (Wildman–Crippen LogP) is 3.03. The molecule has 1 amide bonds. The number of nitrogens with zero attached hydrogens (tertiary/aromatic N) is 1. The molecule has 1 aliphatic rings. The number of unbranched alkanes of at least 4 members (excludes halogenated alkanes) is 1. The molecule has 2 rings (SSSR count). The fraction of sp³-hybridized carbons (Fsp3) is 0.316. The lowest BCUT2D eigenvalue weighted by atomic mass is 10.00. The first kappa shape index (κ1) is 23.1. The van der Waals surface area contributed by atoms with Gasteiger partial charge in [-0.25, -0.2) is 0 Å². The van der Waals surface area contributed by atoms with Crippen molar-refractivity contribution in [1.29, 1.82) is 0 Å². The van der Waals surface area contributed by atoms with E-state index in [4.69, 9.17) is 9.63 Å². The smallest absolute Gasteiger partial charge is 0.303 e. The minimum atomic E-state index is -0.873. The second kappa shape index (κ2) is 11.7. The van der Waals surface area contributed by atoms with Crippen molar-refractivity contribution in [2.45, 2.75) is 26.2 Å². The normalized spacial score (nSPS) is 12.7. The Hall–Kier alpha value is -2.94. The van der Waals surface area contributed by atoms with E-state index >= 15 is 0 Å². The molecule has 2 N–H and O–H groups in total. The molecule has 0 aromatic carbocycles. The fourth-order valence-electron chi connectivity index (χ4n) is 2.12. The SMILES string of the molecule is C=C/C=C\C.CNC(=O)c1noc2c1C(=O)C(SCCCCC(=O)O)=CC2=O. The number of aromatic nitrogens is 1. The first-order valence-electron chi connectivity index (χ1n) is 8.48. The zero-order valence-electron chi connectivity index (χ0n) is 15.7. The molecule has 0 atom stereocenters. The van der Waals surface area contributed by atoms with Crippen LogP contribution in [0.3, 0.4) is 0 Å². The second-order valence-electron chi connectivity index (χ2n) is 5.48. The van der Waals surface area contributed by atoms with Crippen molar-refractivity contribution in [2.24, 2.45) is 0 Å². The Kier molecular flexibility index (Phi) is 9.66. The minimum absolute atomic E-state index is 0.0586. The van der Waals surface area contributed by atoms with Crippen LogP contribution in [-0.2, 0) is 4.79 Å². The quantitative estimate of drug-likeness (QED) is 0.498. The molecule has 0 spiro atoms. The number of rotatable bonds is 8. The lowest BCUT2D eigenvalue weighted by molar-refractivity contribution is -0.137. The van der Waals surface area contributed by atoms with E-state index < -0.39 is 23.4 Å². The van der Waals surface area contributed by atoms with Crippen molar-refractivity contribution in [3.8, 4) is 0 Å². The molecular weight excluding hydrogens is 384 g/mol. The van der Waals surface area contributed by atoms with Crippen LogP contribution in [0.2, 0.25) is 0 Å². The molecule has 0 radical (unpaired) electrons. The number of carbonyl (C=O) groups excluding carboxylic acids is 3. The van der Waals surface area contributed by atoms with Crippen LogP contribution in [-0.4, -0.2) is 46.5 Å². The van der Waals surface area contributed by atoms with Gasteiger partial charge >= 0.3 is 5.97 Å². The molecule has 0 unspecified atom stereocenters. The number of Topliss-reactive ketones (excluding diaryl/α,β-unsaturated/α-hetero) is 1. The van der Waals surface area contributed by atoms with E-state index in [2.05, 4.69) is 17.1 Å². The van der Waals surface area contributed by atoms with Crippen molar-refractivity contribution >= 4 is 35.2 Å². The maximum absolute atomic E-state index is 12.4. The Labute approximate surface area is 166 Å². The third kappa shape index (κ3) is 6.34. The summed E-state index contributed by atoms with van der Waals surface area (Å²) in [5.74, 6) is -2.22. The summed E-state index contributed by atoms with van der Waals surface area (Å²) < 4.78 is 4.81. The molecule has 0 saturated heterocycles. The number of nitrogens with one attached hydrogen (secondary N) is 1. The van der Waals surface area contributed by atoms with Gasteiger partial charge in [0.2, 0.25) is 17.3 Å². The number of amides is 1. The number of carbonyl (C=O) groups is 4. The van der Waals surface area contributed by atoms with Crippen molar-refractivity contribution in [3.63, 3.8) is 0 Å². The standard InChI is InChI=1S/C14H14N2O6S.C5H8/c1-15-14(21)11-10-12(20)8(6-7(17)13(10)22-16-11)23-5-3-2-4-9(18)19;1-3-5-4-2/h6H,2-5H2,1H3,(H,15,21)(H,18,19);3-5H,1H2,2H3/b;5-4-. The van der Waals surface area contributed by atoms with Crippen LogP contribution in [0.25, 0.3) is 0 Å². The zero-order valence-corrected chi connectivity index (χ0v) is 16.5. The van der Waals surface area contributed by atoms with E-state index in [1.54, 1.807) is 6.08 Å². The highest BCUT2D eigenvalue weighted by Gasteiger charge is 2.35. The summed E-state index contributed by atoms with van der Waals surface area (Å²) in [6.45, 7) is 5.42. The lowest BCUT2D eigenvalue weighted by Gasteiger charge is -2.10.